The summed E-state index contributed by atoms with van der Waals surface area (Å²) in [6, 6.07) is 0. The molecule has 1 fully saturated rings. The number of fused-ring (bicyclic) bond motifs is 1. The molecule has 24 heavy (non-hydrogen) atoms. The smallest absolute Gasteiger partial charge is 0.198 e. The van der Waals surface area contributed by atoms with Gasteiger partial charge in [0.05, 0.1) is 12.9 Å². The molecule has 9 heteroatoms. The average Bonchev–Trinajstić information content (AvgIpc) is 3.29. The molecule has 0 saturated carbocycles. The van der Waals surface area contributed by atoms with Crippen LogP contribution >= 0.6 is 0 Å². The highest BCUT2D eigenvalue weighted by atomic mass is 16.6. The lowest BCUT2D eigenvalue weighted by atomic mass is 9.93. The number of nitrogen functional groups attached to an aromatic ring is 1. The van der Waals surface area contributed by atoms with Crippen molar-refractivity contribution in [2.24, 2.45) is 0 Å². The summed E-state index contributed by atoms with van der Waals surface area (Å²) < 4.78 is 7.59. The molecule has 2 aliphatic rings. The SMILES string of the molecule is Nc1ncnc2c1ncn2[C@]1(C2=CCCC2)O[C@H](CO)[C@@H](O)[C@H]1O. The third kappa shape index (κ3) is 1.92. The molecule has 0 bridgehead atoms. The second kappa shape index (κ2) is 5.49. The Hall–Kier alpha value is -2.07. The normalized spacial score (nSPS) is 33.3. The van der Waals surface area contributed by atoms with Crippen LogP contribution in [0.2, 0.25) is 0 Å². The Labute approximate surface area is 137 Å². The number of allylic oxidation sites excluding steroid dienone is 1. The van der Waals surface area contributed by atoms with Crippen molar-refractivity contribution in [2.75, 3.05) is 12.3 Å². The fourth-order valence-corrected chi connectivity index (χ4v) is 3.66. The number of anilines is 1. The maximum atomic E-state index is 10.8. The topological polar surface area (TPSA) is 140 Å². The lowest BCUT2D eigenvalue weighted by molar-refractivity contribution is -0.119. The molecule has 0 spiro atoms. The Morgan fingerprint density at radius 3 is 2.83 bits per heavy atom. The van der Waals surface area contributed by atoms with Crippen molar-refractivity contribution in [3.63, 3.8) is 0 Å². The molecule has 0 amide bonds. The molecule has 1 aliphatic carbocycles. The fraction of sp³-hybridized carbons (Fsp3) is 0.533. The third-order valence-corrected chi connectivity index (χ3v) is 4.84. The molecule has 0 radical (unpaired) electrons. The van der Waals surface area contributed by atoms with Gasteiger partial charge in [-0.05, 0) is 24.8 Å². The predicted molar refractivity (Wildman–Crippen MR) is 83.6 cm³/mol. The Bertz CT molecular complexity index is 806. The van der Waals surface area contributed by atoms with Gasteiger partial charge >= 0.3 is 0 Å². The van der Waals surface area contributed by atoms with Crippen LogP contribution in [0.15, 0.2) is 24.3 Å². The standard InChI is InChI=1S/C15H19N5O4/c16-13-10-14(18-6-17-13)20(7-19-10)15(8-3-1-2-4-8)12(23)11(22)9(5-21)24-15/h3,6-7,9,11-12,21-23H,1-2,4-5H2,(H2,16,17,18)/t9-,11-,12-,15-/m1/s1. The first kappa shape index (κ1) is 15.5. The number of rotatable bonds is 3. The maximum Gasteiger partial charge on any atom is 0.198 e. The minimum Gasteiger partial charge on any atom is -0.394 e. The number of ether oxygens (including phenoxy) is 1. The zero-order chi connectivity index (χ0) is 16.9. The predicted octanol–water partition coefficient (Wildman–Crippen LogP) is -0.716. The van der Waals surface area contributed by atoms with Crippen molar-refractivity contribution in [1.29, 1.82) is 0 Å². The lowest BCUT2D eigenvalue weighted by Crippen LogP contribution is -2.46. The van der Waals surface area contributed by atoms with Crippen molar-refractivity contribution in [3.8, 4) is 0 Å². The second-order valence-corrected chi connectivity index (χ2v) is 6.14. The second-order valence-electron chi connectivity index (χ2n) is 6.14. The first-order chi connectivity index (χ1) is 11.6. The zero-order valence-corrected chi connectivity index (χ0v) is 12.9. The van der Waals surface area contributed by atoms with Gasteiger partial charge in [0.25, 0.3) is 0 Å². The van der Waals surface area contributed by atoms with Gasteiger partial charge < -0.3 is 25.8 Å². The van der Waals surface area contributed by atoms with E-state index in [1.807, 2.05) is 6.08 Å². The number of nitrogens with zero attached hydrogens (tertiary/aromatic N) is 4. The van der Waals surface area contributed by atoms with E-state index in [1.165, 1.54) is 12.7 Å². The number of aliphatic hydroxyl groups is 3. The van der Waals surface area contributed by atoms with Crippen LogP contribution in [0.3, 0.4) is 0 Å². The van der Waals surface area contributed by atoms with Gasteiger partial charge in [0.15, 0.2) is 17.2 Å². The van der Waals surface area contributed by atoms with E-state index in [1.54, 1.807) is 4.57 Å². The molecule has 9 nitrogen and oxygen atoms in total. The molecule has 0 aromatic carbocycles. The van der Waals surface area contributed by atoms with Gasteiger partial charge in [-0.2, -0.15) is 0 Å². The molecule has 4 atom stereocenters. The van der Waals surface area contributed by atoms with Gasteiger partial charge in [-0.25, -0.2) is 15.0 Å². The molecule has 2 aromatic rings. The number of imidazole rings is 1. The highest BCUT2D eigenvalue weighted by molar-refractivity contribution is 5.81. The zero-order valence-electron chi connectivity index (χ0n) is 12.9. The number of aliphatic hydroxyl groups excluding tert-OH is 3. The summed E-state index contributed by atoms with van der Waals surface area (Å²) in [5.74, 6) is 0.223. The van der Waals surface area contributed by atoms with E-state index in [0.29, 0.717) is 17.6 Å². The Morgan fingerprint density at radius 1 is 1.33 bits per heavy atom. The van der Waals surface area contributed by atoms with Gasteiger partial charge in [-0.1, -0.05) is 6.08 Å². The van der Waals surface area contributed by atoms with E-state index in [-0.39, 0.29) is 5.82 Å². The monoisotopic (exact) mass is 333 g/mol. The summed E-state index contributed by atoms with van der Waals surface area (Å²) >= 11 is 0. The highest BCUT2D eigenvalue weighted by Gasteiger charge is 2.58. The van der Waals surface area contributed by atoms with E-state index in [9.17, 15) is 15.3 Å². The number of hydrogen-bond acceptors (Lipinski definition) is 8. The molecule has 128 valence electrons. The average molecular weight is 333 g/mol. The van der Waals surface area contributed by atoms with Crippen LogP contribution in [0.5, 0.6) is 0 Å². The minimum absolute atomic E-state index is 0.223. The summed E-state index contributed by atoms with van der Waals surface area (Å²) in [6.07, 6.45) is 3.87. The van der Waals surface area contributed by atoms with Crippen LogP contribution in [0.1, 0.15) is 19.3 Å². The molecular weight excluding hydrogens is 314 g/mol. The van der Waals surface area contributed by atoms with E-state index >= 15 is 0 Å². The van der Waals surface area contributed by atoms with Gasteiger partial charge in [-0.3, -0.25) is 4.57 Å². The Balaban J connectivity index is 1.95. The number of hydrogen-bond donors (Lipinski definition) is 4. The van der Waals surface area contributed by atoms with Crippen molar-refractivity contribution < 1.29 is 20.1 Å². The van der Waals surface area contributed by atoms with Crippen LogP contribution < -0.4 is 5.73 Å². The quantitative estimate of drug-likeness (QED) is 0.540. The number of nitrogens with two attached hydrogens (primary N) is 1. The maximum absolute atomic E-state index is 10.8. The van der Waals surface area contributed by atoms with Gasteiger partial charge in [-0.15, -0.1) is 0 Å². The summed E-state index contributed by atoms with van der Waals surface area (Å²) in [5, 5.41) is 30.6. The van der Waals surface area contributed by atoms with Gasteiger partial charge in [0, 0.05) is 0 Å². The van der Waals surface area contributed by atoms with Crippen molar-refractivity contribution in [3.05, 3.63) is 24.3 Å². The summed E-state index contributed by atoms with van der Waals surface area (Å²) in [5.41, 5.74) is 6.12. The van der Waals surface area contributed by atoms with E-state index < -0.39 is 30.6 Å². The molecule has 1 aliphatic heterocycles. The first-order valence-corrected chi connectivity index (χ1v) is 7.88. The molecular formula is C15H19N5O4. The van der Waals surface area contributed by atoms with Crippen LogP contribution in [0.25, 0.3) is 11.2 Å². The summed E-state index contributed by atoms with van der Waals surface area (Å²) in [6.45, 7) is -0.406. The van der Waals surface area contributed by atoms with Gasteiger partial charge in [0.2, 0.25) is 0 Å². The fourth-order valence-electron chi connectivity index (χ4n) is 3.66. The van der Waals surface area contributed by atoms with Crippen molar-refractivity contribution >= 4 is 17.0 Å². The highest BCUT2D eigenvalue weighted by Crippen LogP contribution is 2.46. The largest absolute Gasteiger partial charge is 0.394 e. The molecule has 3 heterocycles. The van der Waals surface area contributed by atoms with Crippen LogP contribution in [0, 0.1) is 0 Å². The van der Waals surface area contributed by atoms with E-state index in [0.717, 1.165) is 18.4 Å². The Kier molecular flexibility index (Phi) is 3.53. The lowest BCUT2D eigenvalue weighted by Gasteiger charge is -2.35. The molecule has 5 N–H and O–H groups in total. The van der Waals surface area contributed by atoms with Gasteiger partial charge in [0.1, 0.15) is 30.2 Å². The summed E-state index contributed by atoms with van der Waals surface area (Å²) in [4.78, 5) is 12.4. The van der Waals surface area contributed by atoms with Crippen molar-refractivity contribution in [1.82, 2.24) is 19.5 Å². The minimum atomic E-state index is -1.36. The molecule has 4 rings (SSSR count). The van der Waals surface area contributed by atoms with E-state index in [2.05, 4.69) is 15.0 Å². The van der Waals surface area contributed by atoms with E-state index in [4.69, 9.17) is 10.5 Å². The summed E-state index contributed by atoms with van der Waals surface area (Å²) in [7, 11) is 0. The van der Waals surface area contributed by atoms with Crippen LogP contribution in [-0.4, -0.2) is 59.8 Å². The van der Waals surface area contributed by atoms with Crippen LogP contribution in [0.4, 0.5) is 5.82 Å². The molecule has 2 aromatic heterocycles. The molecule has 0 unspecified atom stereocenters. The molecule has 1 saturated heterocycles. The van der Waals surface area contributed by atoms with Crippen LogP contribution in [-0.2, 0) is 10.5 Å². The first-order valence-electron chi connectivity index (χ1n) is 7.88. The van der Waals surface area contributed by atoms with Crippen molar-refractivity contribution in [2.45, 2.75) is 43.3 Å². The third-order valence-electron chi connectivity index (χ3n) is 4.84. The number of aromatic nitrogens is 4. The Morgan fingerprint density at radius 2 is 2.17 bits per heavy atom.